The van der Waals surface area contributed by atoms with E-state index in [-0.39, 0.29) is 12.5 Å². The second kappa shape index (κ2) is 7.06. The predicted molar refractivity (Wildman–Crippen MR) is 94.8 cm³/mol. The van der Waals surface area contributed by atoms with Crippen LogP contribution in [-0.4, -0.2) is 29.3 Å². The van der Waals surface area contributed by atoms with Gasteiger partial charge in [-0.25, -0.2) is 4.79 Å². The predicted octanol–water partition coefficient (Wildman–Crippen LogP) is 2.22. The smallest absolute Gasteiger partial charge is 0.325 e. The summed E-state index contributed by atoms with van der Waals surface area (Å²) >= 11 is 1.53. The molecule has 1 aliphatic rings. The van der Waals surface area contributed by atoms with Crippen LogP contribution in [-0.2, 0) is 21.7 Å². The van der Waals surface area contributed by atoms with Crippen molar-refractivity contribution in [3.8, 4) is 0 Å². The number of carbonyl (C=O) groups excluding carboxylic acids is 3. The van der Waals surface area contributed by atoms with E-state index in [9.17, 15) is 14.4 Å². The van der Waals surface area contributed by atoms with E-state index in [1.54, 1.807) is 0 Å². The molecule has 1 atom stereocenters. The van der Waals surface area contributed by atoms with Crippen LogP contribution in [0.2, 0.25) is 0 Å². The van der Waals surface area contributed by atoms with Crippen molar-refractivity contribution in [2.24, 2.45) is 0 Å². The maximum Gasteiger partial charge on any atom is 0.325 e. The third-order valence-electron chi connectivity index (χ3n) is 4.31. The highest BCUT2D eigenvalue weighted by molar-refractivity contribution is 7.09. The maximum atomic E-state index is 12.9. The molecule has 0 bridgehead atoms. The Labute approximate surface area is 149 Å². The van der Waals surface area contributed by atoms with E-state index in [0.717, 1.165) is 15.3 Å². The number of urea groups is 1. The van der Waals surface area contributed by atoms with Crippen LogP contribution in [0.4, 0.5) is 4.79 Å². The van der Waals surface area contributed by atoms with Crippen LogP contribution in [0.3, 0.4) is 0 Å². The van der Waals surface area contributed by atoms with Crippen LogP contribution >= 0.6 is 11.3 Å². The Morgan fingerprint density at radius 2 is 1.96 bits per heavy atom. The molecular weight excluding hydrogens is 338 g/mol. The van der Waals surface area contributed by atoms with Gasteiger partial charge in [-0.1, -0.05) is 43.3 Å². The normalized spacial score (nSPS) is 19.8. The lowest BCUT2D eigenvalue weighted by molar-refractivity contribution is -0.135. The lowest BCUT2D eigenvalue weighted by Crippen LogP contribution is -2.44. The number of thiophene rings is 1. The van der Waals surface area contributed by atoms with Crippen LogP contribution < -0.4 is 10.6 Å². The van der Waals surface area contributed by atoms with Gasteiger partial charge in [0.2, 0.25) is 5.91 Å². The molecule has 6 nitrogen and oxygen atoms in total. The fourth-order valence-electron chi connectivity index (χ4n) is 2.93. The van der Waals surface area contributed by atoms with Crippen LogP contribution in [0, 0.1) is 0 Å². The molecule has 4 amide bonds. The van der Waals surface area contributed by atoms with E-state index >= 15 is 0 Å². The molecule has 1 fully saturated rings. The Kier molecular flexibility index (Phi) is 4.85. The summed E-state index contributed by atoms with van der Waals surface area (Å²) < 4.78 is 0. The molecule has 0 saturated carbocycles. The SMILES string of the molecule is CCC1(c2ccccc2)NC(=O)N(CC(=O)NCc2cccs2)C1=O. The average Bonchev–Trinajstić information content (AvgIpc) is 3.23. The first-order valence-electron chi connectivity index (χ1n) is 8.05. The number of amides is 4. The molecule has 2 heterocycles. The van der Waals surface area contributed by atoms with Crippen molar-refractivity contribution in [2.75, 3.05) is 6.54 Å². The van der Waals surface area contributed by atoms with Crippen molar-refractivity contribution < 1.29 is 14.4 Å². The first-order valence-corrected chi connectivity index (χ1v) is 8.93. The van der Waals surface area contributed by atoms with Crippen molar-refractivity contribution in [3.05, 3.63) is 58.3 Å². The lowest BCUT2D eigenvalue weighted by Gasteiger charge is -2.25. The molecule has 3 rings (SSSR count). The molecule has 1 aliphatic heterocycles. The van der Waals surface area contributed by atoms with E-state index in [0.29, 0.717) is 13.0 Å². The van der Waals surface area contributed by atoms with Gasteiger partial charge in [-0.3, -0.25) is 14.5 Å². The van der Waals surface area contributed by atoms with Gasteiger partial charge in [-0.2, -0.15) is 0 Å². The molecule has 2 aromatic rings. The van der Waals surface area contributed by atoms with Crippen LogP contribution in [0.15, 0.2) is 47.8 Å². The van der Waals surface area contributed by atoms with Gasteiger partial charge in [0.25, 0.3) is 5.91 Å². The second-order valence-corrected chi connectivity index (χ2v) is 6.83. The summed E-state index contributed by atoms with van der Waals surface area (Å²) in [6.45, 7) is 1.94. The Hall–Kier alpha value is -2.67. The van der Waals surface area contributed by atoms with Gasteiger partial charge in [0, 0.05) is 4.88 Å². The molecule has 25 heavy (non-hydrogen) atoms. The summed E-state index contributed by atoms with van der Waals surface area (Å²) in [6, 6.07) is 12.4. The Morgan fingerprint density at radius 3 is 2.60 bits per heavy atom. The highest BCUT2D eigenvalue weighted by atomic mass is 32.1. The first kappa shape index (κ1) is 17.2. The average molecular weight is 357 g/mol. The Balaban J connectivity index is 1.71. The number of nitrogens with one attached hydrogen (secondary N) is 2. The van der Waals surface area contributed by atoms with Crippen molar-refractivity contribution in [2.45, 2.75) is 25.4 Å². The van der Waals surface area contributed by atoms with E-state index in [1.807, 2.05) is 54.8 Å². The summed E-state index contributed by atoms with van der Waals surface area (Å²) in [4.78, 5) is 39.4. The van der Waals surface area contributed by atoms with Gasteiger partial charge < -0.3 is 10.6 Å². The molecule has 1 aromatic heterocycles. The summed E-state index contributed by atoms with van der Waals surface area (Å²) in [7, 11) is 0. The molecule has 7 heteroatoms. The van der Waals surface area contributed by atoms with E-state index in [4.69, 9.17) is 0 Å². The van der Waals surface area contributed by atoms with Crippen molar-refractivity contribution in [3.63, 3.8) is 0 Å². The van der Waals surface area contributed by atoms with Gasteiger partial charge in [-0.05, 0) is 23.4 Å². The fourth-order valence-corrected chi connectivity index (χ4v) is 3.57. The molecule has 1 aromatic carbocycles. The molecule has 130 valence electrons. The minimum Gasteiger partial charge on any atom is -0.350 e. The molecule has 1 saturated heterocycles. The summed E-state index contributed by atoms with van der Waals surface area (Å²) in [6.07, 6.45) is 0.412. The van der Waals surface area contributed by atoms with E-state index in [2.05, 4.69) is 10.6 Å². The van der Waals surface area contributed by atoms with Gasteiger partial charge in [0.1, 0.15) is 12.1 Å². The second-order valence-electron chi connectivity index (χ2n) is 5.80. The molecule has 0 spiro atoms. The fraction of sp³-hybridized carbons (Fsp3) is 0.278. The van der Waals surface area contributed by atoms with E-state index < -0.39 is 17.5 Å². The Morgan fingerprint density at radius 1 is 1.20 bits per heavy atom. The minimum absolute atomic E-state index is 0.287. The highest BCUT2D eigenvalue weighted by Gasteiger charge is 2.51. The van der Waals surface area contributed by atoms with Gasteiger partial charge >= 0.3 is 6.03 Å². The van der Waals surface area contributed by atoms with Crippen molar-refractivity contribution >= 4 is 29.2 Å². The largest absolute Gasteiger partial charge is 0.350 e. The van der Waals surface area contributed by atoms with Gasteiger partial charge in [0.05, 0.1) is 6.54 Å². The topological polar surface area (TPSA) is 78.5 Å². The number of nitrogens with zero attached hydrogens (tertiary/aromatic N) is 1. The Bertz CT molecular complexity index is 776. The third-order valence-corrected chi connectivity index (χ3v) is 5.19. The van der Waals surface area contributed by atoms with Crippen LogP contribution in [0.5, 0.6) is 0 Å². The van der Waals surface area contributed by atoms with Crippen LogP contribution in [0.25, 0.3) is 0 Å². The summed E-state index contributed by atoms with van der Waals surface area (Å²) in [5.41, 5.74) is -0.385. The number of imide groups is 1. The third kappa shape index (κ3) is 3.28. The van der Waals surface area contributed by atoms with Crippen LogP contribution in [0.1, 0.15) is 23.8 Å². The quantitative estimate of drug-likeness (QED) is 0.778. The van der Waals surface area contributed by atoms with E-state index in [1.165, 1.54) is 11.3 Å². The molecule has 0 aliphatic carbocycles. The zero-order valence-corrected chi connectivity index (χ0v) is 14.6. The lowest BCUT2D eigenvalue weighted by atomic mass is 9.87. The first-order chi connectivity index (χ1) is 12.1. The molecule has 0 radical (unpaired) electrons. The van der Waals surface area contributed by atoms with Crippen molar-refractivity contribution in [1.82, 2.24) is 15.5 Å². The zero-order chi connectivity index (χ0) is 17.9. The van der Waals surface area contributed by atoms with Gasteiger partial charge in [-0.15, -0.1) is 11.3 Å². The number of hydrogen-bond donors (Lipinski definition) is 2. The maximum absolute atomic E-state index is 12.9. The van der Waals surface area contributed by atoms with Crippen molar-refractivity contribution in [1.29, 1.82) is 0 Å². The minimum atomic E-state index is -1.10. The zero-order valence-electron chi connectivity index (χ0n) is 13.8. The standard InChI is InChI=1S/C18H19N3O3S/c1-2-18(13-7-4-3-5-8-13)16(23)21(17(24)20-18)12-15(22)19-11-14-9-6-10-25-14/h3-10H,2,11-12H2,1H3,(H,19,22)(H,20,24). The number of rotatable bonds is 6. The number of carbonyl (C=O) groups is 3. The highest BCUT2D eigenvalue weighted by Crippen LogP contribution is 2.32. The molecular formula is C18H19N3O3S. The van der Waals surface area contributed by atoms with Gasteiger partial charge in [0.15, 0.2) is 0 Å². The monoisotopic (exact) mass is 357 g/mol. The molecule has 1 unspecified atom stereocenters. The number of hydrogen-bond acceptors (Lipinski definition) is 4. The molecule has 2 N–H and O–H groups in total. The number of benzene rings is 1. The summed E-state index contributed by atoms with van der Waals surface area (Å²) in [5.74, 6) is -0.755. The summed E-state index contributed by atoms with van der Waals surface area (Å²) in [5, 5.41) is 7.43.